The number of halogens is 4. The largest absolute Gasteiger partial charge is 0.413 e. The van der Waals surface area contributed by atoms with Crippen molar-refractivity contribution in [2.75, 3.05) is 19.7 Å². The highest BCUT2D eigenvalue weighted by molar-refractivity contribution is 5.85. The molecule has 0 amide bonds. The molecule has 6 heteroatoms. The summed E-state index contributed by atoms with van der Waals surface area (Å²) in [6, 6.07) is 0. The summed E-state index contributed by atoms with van der Waals surface area (Å²) in [4.78, 5) is 4.35. The third-order valence-electron chi connectivity index (χ3n) is 1.23. The van der Waals surface area contributed by atoms with Crippen molar-refractivity contribution >= 4 is 12.4 Å². The van der Waals surface area contributed by atoms with E-state index in [1.54, 1.807) is 0 Å². The van der Waals surface area contributed by atoms with Gasteiger partial charge in [0, 0.05) is 13.1 Å². The smallest absolute Gasteiger partial charge is 0.289 e. The molecule has 0 aliphatic carbocycles. The molecule has 2 nitrogen and oxygen atoms in total. The lowest BCUT2D eigenvalue weighted by atomic mass is 10.3. The van der Waals surface area contributed by atoms with Crippen LogP contribution in [0.1, 0.15) is 6.42 Å². The van der Waals surface area contributed by atoms with Crippen LogP contribution in [0.4, 0.5) is 13.2 Å². The molecule has 1 aliphatic rings. The van der Waals surface area contributed by atoms with Crippen LogP contribution in [0.3, 0.4) is 0 Å². The van der Waals surface area contributed by atoms with Crippen LogP contribution in [0, 0.1) is 0 Å². The minimum atomic E-state index is -4.20. The molecule has 0 bridgehead atoms. The SMILES string of the molecule is Cl.FC(F)(F)CON1CCC1. The lowest BCUT2D eigenvalue weighted by Gasteiger charge is -2.29. The van der Waals surface area contributed by atoms with Crippen LogP contribution in [0.25, 0.3) is 0 Å². The first-order valence-electron chi connectivity index (χ1n) is 3.02. The Bertz CT molecular complexity index is 115. The Morgan fingerprint density at radius 1 is 1.27 bits per heavy atom. The van der Waals surface area contributed by atoms with Gasteiger partial charge in [0.2, 0.25) is 0 Å². The molecule has 68 valence electrons. The van der Waals surface area contributed by atoms with E-state index in [0.717, 1.165) is 6.42 Å². The summed E-state index contributed by atoms with van der Waals surface area (Å²) in [5.74, 6) is 0. The summed E-state index contributed by atoms with van der Waals surface area (Å²) in [5, 5.41) is 1.31. The molecule has 0 spiro atoms. The van der Waals surface area contributed by atoms with Crippen molar-refractivity contribution in [3.05, 3.63) is 0 Å². The fourth-order valence-corrected chi connectivity index (χ4v) is 0.581. The van der Waals surface area contributed by atoms with Crippen LogP contribution in [0.15, 0.2) is 0 Å². The van der Waals surface area contributed by atoms with E-state index in [-0.39, 0.29) is 12.4 Å². The Balaban J connectivity index is 0.000001000. The van der Waals surface area contributed by atoms with Gasteiger partial charge in [-0.2, -0.15) is 18.2 Å². The first-order valence-corrected chi connectivity index (χ1v) is 3.02. The molecule has 0 saturated carbocycles. The highest BCUT2D eigenvalue weighted by atomic mass is 35.5. The van der Waals surface area contributed by atoms with Gasteiger partial charge in [-0.3, -0.25) is 4.84 Å². The second-order valence-electron chi connectivity index (χ2n) is 2.17. The Morgan fingerprint density at radius 2 is 1.82 bits per heavy atom. The second-order valence-corrected chi connectivity index (χ2v) is 2.17. The maximum Gasteiger partial charge on any atom is 0.413 e. The Hall–Kier alpha value is -0.0000000000000000416. The van der Waals surface area contributed by atoms with Crippen molar-refractivity contribution in [2.24, 2.45) is 0 Å². The monoisotopic (exact) mass is 191 g/mol. The molecule has 0 aromatic rings. The number of alkyl halides is 3. The van der Waals surface area contributed by atoms with Gasteiger partial charge in [0.15, 0.2) is 6.61 Å². The van der Waals surface area contributed by atoms with Crippen LogP contribution in [-0.4, -0.2) is 30.9 Å². The first-order chi connectivity index (χ1) is 4.58. The maximum atomic E-state index is 11.4. The van der Waals surface area contributed by atoms with Gasteiger partial charge in [0.25, 0.3) is 0 Å². The van der Waals surface area contributed by atoms with Crippen molar-refractivity contribution < 1.29 is 18.0 Å². The number of hydroxylamine groups is 2. The lowest BCUT2D eigenvalue weighted by molar-refractivity contribution is -0.270. The number of rotatable bonds is 2. The highest BCUT2D eigenvalue weighted by Gasteiger charge is 2.30. The quantitative estimate of drug-likeness (QED) is 0.658. The third kappa shape index (κ3) is 4.44. The molecule has 1 rings (SSSR count). The minimum absolute atomic E-state index is 0. The number of hydrogen-bond donors (Lipinski definition) is 0. The van der Waals surface area contributed by atoms with Gasteiger partial charge in [0.1, 0.15) is 0 Å². The molecule has 0 N–H and O–H groups in total. The topological polar surface area (TPSA) is 12.5 Å². The molecular formula is C5H9ClF3NO. The third-order valence-corrected chi connectivity index (χ3v) is 1.23. The number of hydrogen-bond acceptors (Lipinski definition) is 2. The average Bonchev–Trinajstić information content (AvgIpc) is 1.56. The zero-order chi connectivity index (χ0) is 7.61. The molecule has 1 saturated heterocycles. The van der Waals surface area contributed by atoms with Crippen LogP contribution >= 0.6 is 12.4 Å². The molecule has 0 aromatic carbocycles. The van der Waals surface area contributed by atoms with E-state index < -0.39 is 12.8 Å². The molecule has 1 aliphatic heterocycles. The van der Waals surface area contributed by atoms with Crippen LogP contribution < -0.4 is 0 Å². The Kier molecular flexibility index (Phi) is 4.13. The van der Waals surface area contributed by atoms with Crippen LogP contribution in [0.5, 0.6) is 0 Å². The van der Waals surface area contributed by atoms with Gasteiger partial charge in [-0.05, 0) is 6.42 Å². The van der Waals surface area contributed by atoms with Gasteiger partial charge in [-0.25, -0.2) is 0 Å². The molecular weight excluding hydrogens is 183 g/mol. The fourth-order valence-electron chi connectivity index (χ4n) is 0.581. The summed E-state index contributed by atoms with van der Waals surface area (Å²) in [6.45, 7) is 0.0825. The van der Waals surface area contributed by atoms with Gasteiger partial charge < -0.3 is 0 Å². The van der Waals surface area contributed by atoms with Crippen LogP contribution in [0.2, 0.25) is 0 Å². The fraction of sp³-hybridized carbons (Fsp3) is 1.00. The molecule has 0 unspecified atom stereocenters. The molecule has 11 heavy (non-hydrogen) atoms. The summed E-state index contributed by atoms with van der Waals surface area (Å²) in [5.41, 5.74) is 0. The predicted molar refractivity (Wildman–Crippen MR) is 35.4 cm³/mol. The van der Waals surface area contributed by atoms with Gasteiger partial charge >= 0.3 is 6.18 Å². The normalized spacial score (nSPS) is 18.8. The minimum Gasteiger partial charge on any atom is -0.289 e. The lowest BCUT2D eigenvalue weighted by Crippen LogP contribution is -2.39. The summed E-state index contributed by atoms with van der Waals surface area (Å²) >= 11 is 0. The van der Waals surface area contributed by atoms with E-state index in [0.29, 0.717) is 13.1 Å². The van der Waals surface area contributed by atoms with E-state index in [1.807, 2.05) is 0 Å². The number of nitrogens with zero attached hydrogens (tertiary/aromatic N) is 1. The van der Waals surface area contributed by atoms with E-state index in [4.69, 9.17) is 0 Å². The zero-order valence-corrected chi connectivity index (χ0v) is 6.54. The maximum absolute atomic E-state index is 11.4. The Labute approximate surface area is 68.7 Å². The molecule has 0 aromatic heterocycles. The first kappa shape index (κ1) is 11.0. The average molecular weight is 192 g/mol. The van der Waals surface area contributed by atoms with Crippen molar-refractivity contribution in [1.29, 1.82) is 0 Å². The summed E-state index contributed by atoms with van der Waals surface area (Å²) in [6.07, 6.45) is -3.27. The van der Waals surface area contributed by atoms with E-state index in [2.05, 4.69) is 4.84 Å². The van der Waals surface area contributed by atoms with Gasteiger partial charge in [-0.15, -0.1) is 12.4 Å². The second kappa shape index (κ2) is 4.13. The summed E-state index contributed by atoms with van der Waals surface area (Å²) in [7, 11) is 0. The molecule has 0 atom stereocenters. The zero-order valence-electron chi connectivity index (χ0n) is 5.73. The predicted octanol–water partition coefficient (Wildman–Crippen LogP) is 1.61. The molecule has 0 radical (unpaired) electrons. The van der Waals surface area contributed by atoms with Crippen molar-refractivity contribution in [2.45, 2.75) is 12.6 Å². The standard InChI is InChI=1S/C5H8F3NO.ClH/c6-5(7,8)4-10-9-2-1-3-9;/h1-4H2;1H. The molecule has 1 fully saturated rings. The van der Waals surface area contributed by atoms with E-state index >= 15 is 0 Å². The van der Waals surface area contributed by atoms with Crippen molar-refractivity contribution in [1.82, 2.24) is 5.06 Å². The Morgan fingerprint density at radius 3 is 2.09 bits per heavy atom. The molecule has 1 heterocycles. The van der Waals surface area contributed by atoms with Crippen molar-refractivity contribution in [3.8, 4) is 0 Å². The van der Waals surface area contributed by atoms with Gasteiger partial charge in [0.05, 0.1) is 0 Å². The van der Waals surface area contributed by atoms with E-state index in [1.165, 1.54) is 5.06 Å². The van der Waals surface area contributed by atoms with E-state index in [9.17, 15) is 13.2 Å². The van der Waals surface area contributed by atoms with Gasteiger partial charge in [-0.1, -0.05) is 0 Å². The summed E-state index contributed by atoms with van der Waals surface area (Å²) < 4.78 is 34.3. The highest BCUT2D eigenvalue weighted by Crippen LogP contribution is 2.17. The van der Waals surface area contributed by atoms with Crippen LogP contribution in [-0.2, 0) is 4.84 Å². The van der Waals surface area contributed by atoms with Crippen molar-refractivity contribution in [3.63, 3.8) is 0 Å².